The first-order valence-electron chi connectivity index (χ1n) is 4.25. The van der Waals surface area contributed by atoms with Crippen LogP contribution < -0.4 is 0 Å². The fraction of sp³-hybridized carbons (Fsp3) is 0. The summed E-state index contributed by atoms with van der Waals surface area (Å²) in [4.78, 5) is 3.96. The summed E-state index contributed by atoms with van der Waals surface area (Å²) in [7, 11) is 0. The molecule has 1 nitrogen and oxygen atoms in total. The summed E-state index contributed by atoms with van der Waals surface area (Å²) >= 11 is 5.45. The number of aromatic nitrogens is 1. The summed E-state index contributed by atoms with van der Waals surface area (Å²) in [6.07, 6.45) is 1.53. The Morgan fingerprint density at radius 2 is 1.87 bits per heavy atom. The lowest BCUT2D eigenvalue weighted by atomic mass is 10.1. The van der Waals surface area contributed by atoms with Gasteiger partial charge in [0, 0.05) is 11.8 Å². The molecule has 1 aromatic heterocycles. The highest BCUT2D eigenvalue weighted by molar-refractivity contribution is 6.31. The lowest BCUT2D eigenvalue weighted by molar-refractivity contribution is 0.586. The molecule has 0 aliphatic carbocycles. The Hall–Kier alpha value is -1.48. The lowest BCUT2D eigenvalue weighted by Crippen LogP contribution is -1.90. The van der Waals surface area contributed by atoms with Crippen LogP contribution in [0, 0.1) is 11.6 Å². The van der Waals surface area contributed by atoms with Gasteiger partial charge in [-0.1, -0.05) is 17.7 Å². The molecule has 0 amide bonds. The average molecular weight is 226 g/mol. The molecule has 0 bridgehead atoms. The van der Waals surface area contributed by atoms with Crippen molar-refractivity contribution < 1.29 is 8.78 Å². The molecule has 0 saturated heterocycles. The summed E-state index contributed by atoms with van der Waals surface area (Å²) in [6, 6.07) is 7.51. The molecule has 1 heterocycles. The van der Waals surface area contributed by atoms with Gasteiger partial charge in [0.25, 0.3) is 0 Å². The van der Waals surface area contributed by atoms with Crippen molar-refractivity contribution in [2.24, 2.45) is 0 Å². The lowest BCUT2D eigenvalue weighted by Gasteiger charge is -2.04. The first-order chi connectivity index (χ1) is 7.20. The summed E-state index contributed by atoms with van der Waals surface area (Å²) in [5.74, 6) is -1.55. The van der Waals surface area contributed by atoms with E-state index in [1.807, 2.05) is 0 Å². The van der Waals surface area contributed by atoms with E-state index in [-0.39, 0.29) is 5.56 Å². The monoisotopic (exact) mass is 225 g/mol. The van der Waals surface area contributed by atoms with Crippen molar-refractivity contribution in [2.45, 2.75) is 0 Å². The van der Waals surface area contributed by atoms with E-state index in [4.69, 9.17) is 11.6 Å². The van der Waals surface area contributed by atoms with E-state index in [0.717, 1.165) is 6.07 Å². The number of rotatable bonds is 1. The third-order valence-electron chi connectivity index (χ3n) is 1.98. The standard InChI is InChI=1S/C11H6ClF2N/c12-10-8(13)5-4-7(11(10)14)9-3-1-2-6-15-9/h1-6H. The summed E-state index contributed by atoms with van der Waals surface area (Å²) in [5, 5.41) is -0.502. The molecule has 0 unspecified atom stereocenters. The molecule has 15 heavy (non-hydrogen) atoms. The van der Waals surface area contributed by atoms with Gasteiger partial charge in [-0.3, -0.25) is 4.98 Å². The fourth-order valence-electron chi connectivity index (χ4n) is 1.25. The molecule has 4 heteroatoms. The zero-order chi connectivity index (χ0) is 10.8. The van der Waals surface area contributed by atoms with E-state index in [9.17, 15) is 8.78 Å². The topological polar surface area (TPSA) is 12.9 Å². The Morgan fingerprint density at radius 1 is 1.07 bits per heavy atom. The van der Waals surface area contributed by atoms with Crippen LogP contribution in [-0.4, -0.2) is 4.98 Å². The van der Waals surface area contributed by atoms with Crippen molar-refractivity contribution in [3.63, 3.8) is 0 Å². The Morgan fingerprint density at radius 3 is 2.53 bits per heavy atom. The number of hydrogen-bond acceptors (Lipinski definition) is 1. The average Bonchev–Trinajstić information content (AvgIpc) is 2.27. The Balaban J connectivity index is 2.60. The second-order valence-corrected chi connectivity index (χ2v) is 3.32. The fourth-order valence-corrected chi connectivity index (χ4v) is 1.41. The van der Waals surface area contributed by atoms with Crippen LogP contribution in [0.3, 0.4) is 0 Å². The second kappa shape index (κ2) is 3.95. The third-order valence-corrected chi connectivity index (χ3v) is 2.32. The van der Waals surface area contributed by atoms with Gasteiger partial charge in [0.15, 0.2) is 5.82 Å². The van der Waals surface area contributed by atoms with Gasteiger partial charge in [-0.2, -0.15) is 0 Å². The minimum absolute atomic E-state index is 0.196. The molecule has 0 N–H and O–H groups in total. The van der Waals surface area contributed by atoms with Crippen molar-refractivity contribution in [1.82, 2.24) is 4.98 Å². The van der Waals surface area contributed by atoms with Gasteiger partial charge in [0.05, 0.1) is 5.69 Å². The predicted molar refractivity (Wildman–Crippen MR) is 54.6 cm³/mol. The number of pyridine rings is 1. The van der Waals surface area contributed by atoms with Crippen molar-refractivity contribution in [2.75, 3.05) is 0 Å². The highest BCUT2D eigenvalue weighted by Gasteiger charge is 2.13. The van der Waals surface area contributed by atoms with Gasteiger partial charge < -0.3 is 0 Å². The molecule has 76 valence electrons. The van der Waals surface area contributed by atoms with Crippen LogP contribution in [0.15, 0.2) is 36.5 Å². The minimum Gasteiger partial charge on any atom is -0.256 e. The number of halogens is 3. The predicted octanol–water partition coefficient (Wildman–Crippen LogP) is 3.68. The quantitative estimate of drug-likeness (QED) is 0.675. The van der Waals surface area contributed by atoms with Gasteiger partial charge >= 0.3 is 0 Å². The molecule has 0 saturated carbocycles. The van der Waals surface area contributed by atoms with Crippen molar-refractivity contribution in [1.29, 1.82) is 0 Å². The number of nitrogens with zero attached hydrogens (tertiary/aromatic N) is 1. The maximum absolute atomic E-state index is 13.5. The number of hydrogen-bond donors (Lipinski definition) is 0. The van der Waals surface area contributed by atoms with Crippen LogP contribution in [-0.2, 0) is 0 Å². The van der Waals surface area contributed by atoms with Gasteiger partial charge in [-0.25, -0.2) is 8.78 Å². The molecule has 0 fully saturated rings. The van der Waals surface area contributed by atoms with Crippen LogP contribution in [0.4, 0.5) is 8.78 Å². The third kappa shape index (κ3) is 1.83. The molecule has 0 atom stereocenters. The highest BCUT2D eigenvalue weighted by atomic mass is 35.5. The summed E-state index contributed by atoms with van der Waals surface area (Å²) in [5.41, 5.74) is 0.624. The largest absolute Gasteiger partial charge is 0.256 e. The van der Waals surface area contributed by atoms with Gasteiger partial charge in [0.1, 0.15) is 10.8 Å². The molecular formula is C11H6ClF2N. The highest BCUT2D eigenvalue weighted by Crippen LogP contribution is 2.28. The van der Waals surface area contributed by atoms with Gasteiger partial charge in [-0.15, -0.1) is 0 Å². The van der Waals surface area contributed by atoms with Crippen LogP contribution in [0.1, 0.15) is 0 Å². The van der Waals surface area contributed by atoms with Crippen molar-refractivity contribution in [3.8, 4) is 11.3 Å². The molecule has 2 rings (SSSR count). The van der Waals surface area contributed by atoms with Gasteiger partial charge in [-0.05, 0) is 24.3 Å². The maximum atomic E-state index is 13.5. The van der Waals surface area contributed by atoms with Crippen molar-refractivity contribution in [3.05, 3.63) is 53.2 Å². The molecule has 0 spiro atoms. The first-order valence-corrected chi connectivity index (χ1v) is 4.63. The summed E-state index contributed by atoms with van der Waals surface area (Å²) < 4.78 is 26.4. The van der Waals surface area contributed by atoms with Crippen molar-refractivity contribution >= 4 is 11.6 Å². The smallest absolute Gasteiger partial charge is 0.154 e. The van der Waals surface area contributed by atoms with Crippen LogP contribution >= 0.6 is 11.6 Å². The van der Waals surface area contributed by atoms with E-state index in [0.29, 0.717) is 5.69 Å². The minimum atomic E-state index is -0.782. The first kappa shape index (κ1) is 10.1. The molecule has 0 aliphatic rings. The van der Waals surface area contributed by atoms with Crippen LogP contribution in [0.5, 0.6) is 0 Å². The van der Waals surface area contributed by atoms with E-state index in [1.54, 1.807) is 18.2 Å². The zero-order valence-corrected chi connectivity index (χ0v) is 8.30. The Labute approximate surface area is 90.3 Å². The molecule has 0 radical (unpaired) electrons. The Kier molecular flexibility index (Phi) is 2.64. The van der Waals surface area contributed by atoms with Gasteiger partial charge in [0.2, 0.25) is 0 Å². The number of benzene rings is 1. The van der Waals surface area contributed by atoms with Crippen LogP contribution in [0.25, 0.3) is 11.3 Å². The Bertz CT molecular complexity index is 485. The zero-order valence-electron chi connectivity index (χ0n) is 7.55. The SMILES string of the molecule is Fc1ccc(-c2ccccn2)c(F)c1Cl. The van der Waals surface area contributed by atoms with E-state index < -0.39 is 16.7 Å². The van der Waals surface area contributed by atoms with E-state index >= 15 is 0 Å². The van der Waals surface area contributed by atoms with E-state index in [2.05, 4.69) is 4.98 Å². The van der Waals surface area contributed by atoms with Crippen LogP contribution in [0.2, 0.25) is 5.02 Å². The molecular weight excluding hydrogens is 220 g/mol. The van der Waals surface area contributed by atoms with E-state index in [1.165, 1.54) is 12.3 Å². The normalized spacial score (nSPS) is 10.3. The molecule has 0 aliphatic heterocycles. The molecule has 2 aromatic rings. The maximum Gasteiger partial charge on any atom is 0.154 e. The second-order valence-electron chi connectivity index (χ2n) is 2.94. The molecule has 1 aromatic carbocycles. The summed E-state index contributed by atoms with van der Waals surface area (Å²) in [6.45, 7) is 0.